The van der Waals surface area contributed by atoms with Crippen molar-refractivity contribution in [3.63, 3.8) is 0 Å². The fourth-order valence-corrected chi connectivity index (χ4v) is 1.12. The molecule has 1 aromatic rings. The number of primary amides is 1. The number of nitrogen functional groups attached to an aromatic ring is 1. The third-order valence-electron chi connectivity index (χ3n) is 1.49. The Bertz CT molecular complexity index is 392. The summed E-state index contributed by atoms with van der Waals surface area (Å²) in [4.78, 5) is 21.6. The molecule has 0 aliphatic carbocycles. The second kappa shape index (κ2) is 4.10. The molecule has 74 valence electrons. The van der Waals surface area contributed by atoms with Crippen LogP contribution in [0, 0.1) is 0 Å². The van der Waals surface area contributed by atoms with E-state index in [0.29, 0.717) is 10.2 Å². The van der Waals surface area contributed by atoms with Crippen LogP contribution in [0.25, 0.3) is 0 Å². The van der Waals surface area contributed by atoms with Gasteiger partial charge >= 0.3 is 6.03 Å². The fourth-order valence-electron chi connectivity index (χ4n) is 0.869. The zero-order valence-electron chi connectivity index (χ0n) is 7.08. The number of imide groups is 1. The van der Waals surface area contributed by atoms with Crippen LogP contribution in [-0.4, -0.2) is 11.9 Å². The lowest BCUT2D eigenvalue weighted by Crippen LogP contribution is -2.34. The van der Waals surface area contributed by atoms with E-state index in [1.54, 1.807) is 6.07 Å². The van der Waals surface area contributed by atoms with Gasteiger partial charge in [0.25, 0.3) is 5.91 Å². The predicted octanol–water partition coefficient (Wildman–Crippen LogP) is 0.840. The Balaban J connectivity index is 2.91. The molecule has 0 aromatic heterocycles. The highest BCUT2D eigenvalue weighted by molar-refractivity contribution is 9.10. The van der Waals surface area contributed by atoms with Crippen molar-refractivity contribution in [2.24, 2.45) is 5.73 Å². The Labute approximate surface area is 88.6 Å². The van der Waals surface area contributed by atoms with Gasteiger partial charge in [-0.25, -0.2) is 4.79 Å². The summed E-state index contributed by atoms with van der Waals surface area (Å²) in [6, 6.07) is 3.70. The van der Waals surface area contributed by atoms with Gasteiger partial charge < -0.3 is 11.5 Å². The van der Waals surface area contributed by atoms with Crippen LogP contribution in [0.2, 0.25) is 0 Å². The van der Waals surface area contributed by atoms with Crippen molar-refractivity contribution in [2.75, 3.05) is 5.73 Å². The lowest BCUT2D eigenvalue weighted by atomic mass is 10.2. The van der Waals surface area contributed by atoms with E-state index in [1.807, 2.05) is 5.32 Å². The summed E-state index contributed by atoms with van der Waals surface area (Å²) in [5.74, 6) is -0.572. The van der Waals surface area contributed by atoms with E-state index in [1.165, 1.54) is 12.1 Å². The Morgan fingerprint density at radius 1 is 1.36 bits per heavy atom. The van der Waals surface area contributed by atoms with Crippen LogP contribution in [0.1, 0.15) is 10.4 Å². The first-order valence-corrected chi connectivity index (χ1v) is 4.46. The van der Waals surface area contributed by atoms with Crippen LogP contribution < -0.4 is 16.8 Å². The van der Waals surface area contributed by atoms with Crippen molar-refractivity contribution in [3.05, 3.63) is 28.2 Å². The van der Waals surface area contributed by atoms with E-state index in [4.69, 9.17) is 11.5 Å². The normalized spacial score (nSPS) is 9.50. The lowest BCUT2D eigenvalue weighted by molar-refractivity contribution is 0.0966. The highest BCUT2D eigenvalue weighted by Crippen LogP contribution is 2.19. The first kappa shape index (κ1) is 10.5. The minimum atomic E-state index is -0.892. The second-order valence-electron chi connectivity index (χ2n) is 2.55. The van der Waals surface area contributed by atoms with Gasteiger partial charge in [-0.3, -0.25) is 10.1 Å². The Hall–Kier alpha value is -1.56. The SMILES string of the molecule is NC(=O)NC(=O)c1ccc(Br)c(N)c1. The smallest absolute Gasteiger partial charge is 0.319 e. The molecule has 0 bridgehead atoms. The minimum Gasteiger partial charge on any atom is -0.398 e. The number of benzene rings is 1. The molecule has 0 unspecified atom stereocenters. The summed E-state index contributed by atoms with van der Waals surface area (Å²) in [5.41, 5.74) is 11.0. The third kappa shape index (κ3) is 2.46. The zero-order chi connectivity index (χ0) is 10.7. The molecule has 1 rings (SSSR count). The van der Waals surface area contributed by atoms with E-state index in [9.17, 15) is 9.59 Å². The highest BCUT2D eigenvalue weighted by atomic mass is 79.9. The van der Waals surface area contributed by atoms with E-state index in [2.05, 4.69) is 15.9 Å². The molecule has 6 heteroatoms. The first-order chi connectivity index (χ1) is 6.50. The van der Waals surface area contributed by atoms with Gasteiger partial charge in [-0.15, -0.1) is 0 Å². The van der Waals surface area contributed by atoms with Gasteiger partial charge in [0.2, 0.25) is 0 Å². The Morgan fingerprint density at radius 2 is 2.00 bits per heavy atom. The summed E-state index contributed by atoms with van der Waals surface area (Å²) in [6.07, 6.45) is 0. The molecule has 0 aliphatic heterocycles. The lowest BCUT2D eigenvalue weighted by Gasteiger charge is -2.03. The van der Waals surface area contributed by atoms with Crippen LogP contribution >= 0.6 is 15.9 Å². The van der Waals surface area contributed by atoms with Gasteiger partial charge in [0, 0.05) is 15.7 Å². The molecular weight excluding hydrogens is 250 g/mol. The van der Waals surface area contributed by atoms with Gasteiger partial charge in [-0.2, -0.15) is 0 Å². The quantitative estimate of drug-likeness (QED) is 0.651. The summed E-state index contributed by atoms with van der Waals surface area (Å²) >= 11 is 3.18. The number of halogens is 1. The summed E-state index contributed by atoms with van der Waals surface area (Å²) in [7, 11) is 0. The number of hydrogen-bond acceptors (Lipinski definition) is 3. The van der Waals surface area contributed by atoms with E-state index < -0.39 is 11.9 Å². The van der Waals surface area contributed by atoms with E-state index in [0.717, 1.165) is 0 Å². The van der Waals surface area contributed by atoms with Gasteiger partial charge in [0.15, 0.2) is 0 Å². The summed E-state index contributed by atoms with van der Waals surface area (Å²) in [5, 5.41) is 1.93. The molecule has 0 atom stereocenters. The molecule has 0 spiro atoms. The maximum Gasteiger partial charge on any atom is 0.319 e. The molecule has 0 fully saturated rings. The number of nitrogens with two attached hydrogens (primary N) is 2. The third-order valence-corrected chi connectivity index (χ3v) is 2.22. The average Bonchev–Trinajstić information content (AvgIpc) is 2.08. The topological polar surface area (TPSA) is 98.2 Å². The van der Waals surface area contributed by atoms with Crippen LogP contribution in [0.15, 0.2) is 22.7 Å². The van der Waals surface area contributed by atoms with Crippen molar-refractivity contribution >= 4 is 33.6 Å². The first-order valence-electron chi connectivity index (χ1n) is 3.66. The van der Waals surface area contributed by atoms with Crippen molar-refractivity contribution < 1.29 is 9.59 Å². The molecule has 14 heavy (non-hydrogen) atoms. The summed E-state index contributed by atoms with van der Waals surface area (Å²) in [6.45, 7) is 0. The van der Waals surface area contributed by atoms with E-state index in [-0.39, 0.29) is 5.56 Å². The Morgan fingerprint density at radius 3 is 2.50 bits per heavy atom. The molecule has 0 heterocycles. The number of anilines is 1. The minimum absolute atomic E-state index is 0.282. The standard InChI is InChI=1S/C8H8BrN3O2/c9-5-2-1-4(3-6(5)10)7(13)12-8(11)14/h1-3H,10H2,(H3,11,12,13,14). The van der Waals surface area contributed by atoms with Crippen LogP contribution in [0.4, 0.5) is 10.5 Å². The van der Waals surface area contributed by atoms with Gasteiger partial charge in [-0.1, -0.05) is 0 Å². The molecule has 5 N–H and O–H groups in total. The molecule has 5 nitrogen and oxygen atoms in total. The number of hydrogen-bond donors (Lipinski definition) is 3. The van der Waals surface area contributed by atoms with Gasteiger partial charge in [0.1, 0.15) is 0 Å². The van der Waals surface area contributed by atoms with Gasteiger partial charge in [0.05, 0.1) is 0 Å². The number of rotatable bonds is 1. The zero-order valence-corrected chi connectivity index (χ0v) is 8.67. The van der Waals surface area contributed by atoms with Crippen LogP contribution in [0.3, 0.4) is 0 Å². The number of urea groups is 1. The molecule has 3 amide bonds. The molecule has 0 radical (unpaired) electrons. The number of carbonyl (C=O) groups excluding carboxylic acids is 2. The number of carbonyl (C=O) groups is 2. The maximum atomic E-state index is 11.2. The number of amides is 3. The molecular formula is C8H8BrN3O2. The van der Waals surface area contributed by atoms with Crippen molar-refractivity contribution in [3.8, 4) is 0 Å². The van der Waals surface area contributed by atoms with Crippen LogP contribution in [0.5, 0.6) is 0 Å². The average molecular weight is 258 g/mol. The Kier molecular flexibility index (Phi) is 3.08. The molecule has 0 saturated heterocycles. The van der Waals surface area contributed by atoms with E-state index >= 15 is 0 Å². The molecule has 1 aromatic carbocycles. The maximum absolute atomic E-state index is 11.2. The fraction of sp³-hybridized carbons (Fsp3) is 0. The van der Waals surface area contributed by atoms with Gasteiger partial charge in [-0.05, 0) is 34.1 Å². The predicted molar refractivity (Wildman–Crippen MR) is 55.6 cm³/mol. The van der Waals surface area contributed by atoms with Crippen molar-refractivity contribution in [2.45, 2.75) is 0 Å². The second-order valence-corrected chi connectivity index (χ2v) is 3.41. The monoisotopic (exact) mass is 257 g/mol. The molecule has 0 saturated carbocycles. The molecule has 0 aliphatic rings. The largest absolute Gasteiger partial charge is 0.398 e. The summed E-state index contributed by atoms with van der Waals surface area (Å²) < 4.78 is 0.688. The van der Waals surface area contributed by atoms with Crippen molar-refractivity contribution in [1.29, 1.82) is 0 Å². The highest BCUT2D eigenvalue weighted by Gasteiger charge is 2.08. The van der Waals surface area contributed by atoms with Crippen LogP contribution in [-0.2, 0) is 0 Å². The number of nitrogens with one attached hydrogen (secondary N) is 1. The van der Waals surface area contributed by atoms with Crippen molar-refractivity contribution in [1.82, 2.24) is 5.32 Å².